The number of benzene rings is 1. The predicted octanol–water partition coefficient (Wildman–Crippen LogP) is 1.79. The number of nitrogens with zero attached hydrogens (tertiary/aromatic N) is 3. The van der Waals surface area contributed by atoms with Gasteiger partial charge in [0.15, 0.2) is 5.69 Å². The Kier molecular flexibility index (Phi) is 4.26. The molecule has 5 nitrogen and oxygen atoms in total. The molecule has 6 heteroatoms. The maximum atomic E-state index is 12.0. The summed E-state index contributed by atoms with van der Waals surface area (Å²) in [5, 5.41) is 8.56. The van der Waals surface area contributed by atoms with Gasteiger partial charge in [0, 0.05) is 31.1 Å². The fourth-order valence-electron chi connectivity index (χ4n) is 2.73. The van der Waals surface area contributed by atoms with Crippen LogP contribution >= 0.6 is 11.5 Å². The molecule has 2 atom stereocenters. The maximum absolute atomic E-state index is 12.0. The van der Waals surface area contributed by atoms with Crippen LogP contribution in [-0.4, -0.2) is 39.5 Å². The van der Waals surface area contributed by atoms with E-state index in [1.165, 1.54) is 17.1 Å². The molecule has 0 spiro atoms. The van der Waals surface area contributed by atoms with E-state index in [2.05, 4.69) is 51.0 Å². The third-order valence-corrected chi connectivity index (χ3v) is 4.35. The fourth-order valence-corrected chi connectivity index (χ4v) is 3.17. The van der Waals surface area contributed by atoms with Crippen molar-refractivity contribution >= 4 is 17.4 Å². The molecule has 21 heavy (non-hydrogen) atoms. The molecular weight excluding hydrogens is 284 g/mol. The van der Waals surface area contributed by atoms with Gasteiger partial charge in [0.05, 0.1) is 0 Å². The van der Waals surface area contributed by atoms with Gasteiger partial charge in [-0.05, 0) is 23.0 Å². The van der Waals surface area contributed by atoms with E-state index < -0.39 is 0 Å². The van der Waals surface area contributed by atoms with Crippen molar-refractivity contribution in [2.24, 2.45) is 5.92 Å². The van der Waals surface area contributed by atoms with Crippen molar-refractivity contribution in [1.82, 2.24) is 19.8 Å². The summed E-state index contributed by atoms with van der Waals surface area (Å²) in [7, 11) is 0. The molecule has 0 bridgehead atoms. The minimum absolute atomic E-state index is 0.123. The lowest BCUT2D eigenvalue weighted by atomic mass is 10.1. The molecular formula is C15H18N4OS. The highest BCUT2D eigenvalue weighted by molar-refractivity contribution is 7.03. The van der Waals surface area contributed by atoms with Gasteiger partial charge in [-0.3, -0.25) is 9.69 Å². The molecule has 1 aromatic carbocycles. The molecule has 2 aromatic rings. The Labute approximate surface area is 128 Å². The number of carbonyl (C=O) groups is 1. The predicted molar refractivity (Wildman–Crippen MR) is 82.0 cm³/mol. The van der Waals surface area contributed by atoms with E-state index in [4.69, 9.17) is 0 Å². The molecule has 1 aliphatic rings. The summed E-state index contributed by atoms with van der Waals surface area (Å²) < 4.78 is 3.73. The minimum Gasteiger partial charge on any atom is -0.346 e. The highest BCUT2D eigenvalue weighted by atomic mass is 32.1. The van der Waals surface area contributed by atoms with Gasteiger partial charge in [0.2, 0.25) is 0 Å². The van der Waals surface area contributed by atoms with E-state index in [0.29, 0.717) is 11.6 Å². The van der Waals surface area contributed by atoms with Crippen LogP contribution in [0.15, 0.2) is 35.7 Å². The highest BCUT2D eigenvalue weighted by Crippen LogP contribution is 2.19. The highest BCUT2D eigenvalue weighted by Gasteiger charge is 2.31. The average Bonchev–Trinajstić information content (AvgIpc) is 3.11. The van der Waals surface area contributed by atoms with Crippen molar-refractivity contribution in [3.63, 3.8) is 0 Å². The molecule has 2 heterocycles. The fraction of sp³-hybridized carbons (Fsp3) is 0.400. The third-order valence-electron chi connectivity index (χ3n) is 3.85. The summed E-state index contributed by atoms with van der Waals surface area (Å²) in [4.78, 5) is 14.4. The lowest BCUT2D eigenvalue weighted by molar-refractivity contribution is 0.0926. The van der Waals surface area contributed by atoms with Crippen LogP contribution in [0.25, 0.3) is 0 Å². The van der Waals surface area contributed by atoms with E-state index in [0.717, 1.165) is 19.6 Å². The number of likely N-dealkylation sites (tertiary alicyclic amines) is 1. The molecule has 0 radical (unpaired) electrons. The molecule has 0 aliphatic carbocycles. The standard InChI is InChI=1S/C15H18N4OS/c1-11-7-19(8-12-5-3-2-4-6-12)9-13(11)16-15(20)14-10-21-18-17-14/h2-6,10-11,13H,7-9H2,1H3,(H,16,20). The van der Waals surface area contributed by atoms with E-state index >= 15 is 0 Å². The molecule has 1 N–H and O–H groups in total. The van der Waals surface area contributed by atoms with E-state index in [1.54, 1.807) is 5.38 Å². The SMILES string of the molecule is CC1CN(Cc2ccccc2)CC1NC(=O)c1csnn1. The van der Waals surface area contributed by atoms with Gasteiger partial charge in [0.25, 0.3) is 5.91 Å². The molecule has 110 valence electrons. The Morgan fingerprint density at radius 3 is 2.90 bits per heavy atom. The number of hydrogen-bond donors (Lipinski definition) is 1. The van der Waals surface area contributed by atoms with Crippen LogP contribution in [0, 0.1) is 5.92 Å². The average molecular weight is 302 g/mol. The summed E-state index contributed by atoms with van der Waals surface area (Å²) in [6.07, 6.45) is 0. The zero-order valence-electron chi connectivity index (χ0n) is 11.9. The number of rotatable bonds is 4. The van der Waals surface area contributed by atoms with Gasteiger partial charge >= 0.3 is 0 Å². The van der Waals surface area contributed by atoms with Gasteiger partial charge in [-0.2, -0.15) is 0 Å². The lowest BCUT2D eigenvalue weighted by Gasteiger charge is -2.16. The van der Waals surface area contributed by atoms with Crippen LogP contribution in [-0.2, 0) is 6.54 Å². The monoisotopic (exact) mass is 302 g/mol. The summed E-state index contributed by atoms with van der Waals surface area (Å²) in [6.45, 7) is 4.97. The van der Waals surface area contributed by atoms with E-state index in [-0.39, 0.29) is 11.9 Å². The molecule has 1 amide bonds. The minimum atomic E-state index is -0.123. The number of hydrogen-bond acceptors (Lipinski definition) is 5. The number of amides is 1. The molecule has 2 unspecified atom stereocenters. The quantitative estimate of drug-likeness (QED) is 0.935. The Bertz CT molecular complexity index is 587. The van der Waals surface area contributed by atoms with Gasteiger partial charge in [-0.15, -0.1) is 5.10 Å². The Morgan fingerprint density at radius 1 is 1.38 bits per heavy atom. The smallest absolute Gasteiger partial charge is 0.273 e. The number of carbonyl (C=O) groups excluding carboxylic acids is 1. The topological polar surface area (TPSA) is 58.1 Å². The van der Waals surface area contributed by atoms with Gasteiger partial charge in [-0.1, -0.05) is 41.7 Å². The van der Waals surface area contributed by atoms with Crippen molar-refractivity contribution in [3.05, 3.63) is 47.0 Å². The van der Waals surface area contributed by atoms with E-state index in [9.17, 15) is 4.79 Å². The second-order valence-corrected chi connectivity index (χ2v) is 6.14. The first-order chi connectivity index (χ1) is 10.2. The van der Waals surface area contributed by atoms with Crippen LogP contribution in [0.5, 0.6) is 0 Å². The maximum Gasteiger partial charge on any atom is 0.273 e. The molecule has 1 saturated heterocycles. The first-order valence-corrected chi connectivity index (χ1v) is 7.90. The summed E-state index contributed by atoms with van der Waals surface area (Å²) in [5.41, 5.74) is 1.72. The first kappa shape index (κ1) is 14.2. The van der Waals surface area contributed by atoms with Crippen LogP contribution in [0.4, 0.5) is 0 Å². The zero-order valence-corrected chi connectivity index (χ0v) is 12.7. The van der Waals surface area contributed by atoms with Crippen molar-refractivity contribution in [2.75, 3.05) is 13.1 Å². The molecule has 1 aliphatic heterocycles. The van der Waals surface area contributed by atoms with Crippen LogP contribution in [0.1, 0.15) is 23.0 Å². The van der Waals surface area contributed by atoms with Gasteiger partial charge in [-0.25, -0.2) is 0 Å². The number of nitrogens with one attached hydrogen (secondary N) is 1. The molecule has 3 rings (SSSR count). The summed E-state index contributed by atoms with van der Waals surface area (Å²) >= 11 is 1.20. The Hall–Kier alpha value is -1.79. The Balaban J connectivity index is 1.57. The van der Waals surface area contributed by atoms with Crippen LogP contribution in [0.3, 0.4) is 0 Å². The van der Waals surface area contributed by atoms with Crippen LogP contribution in [0.2, 0.25) is 0 Å². The normalized spacial score (nSPS) is 22.3. The zero-order chi connectivity index (χ0) is 14.7. The van der Waals surface area contributed by atoms with Gasteiger partial charge in [0.1, 0.15) is 0 Å². The third kappa shape index (κ3) is 3.46. The Morgan fingerprint density at radius 2 is 2.19 bits per heavy atom. The van der Waals surface area contributed by atoms with Crippen molar-refractivity contribution < 1.29 is 4.79 Å². The molecule has 0 saturated carbocycles. The summed E-state index contributed by atoms with van der Waals surface area (Å²) in [5.74, 6) is 0.311. The second kappa shape index (κ2) is 6.32. The van der Waals surface area contributed by atoms with Crippen molar-refractivity contribution in [3.8, 4) is 0 Å². The largest absolute Gasteiger partial charge is 0.346 e. The number of aromatic nitrogens is 2. The van der Waals surface area contributed by atoms with Crippen molar-refractivity contribution in [2.45, 2.75) is 19.5 Å². The van der Waals surface area contributed by atoms with Crippen LogP contribution < -0.4 is 5.32 Å². The van der Waals surface area contributed by atoms with Gasteiger partial charge < -0.3 is 5.32 Å². The molecule has 1 aromatic heterocycles. The first-order valence-electron chi connectivity index (χ1n) is 7.06. The van der Waals surface area contributed by atoms with E-state index in [1.807, 2.05) is 6.07 Å². The summed E-state index contributed by atoms with van der Waals surface area (Å²) in [6, 6.07) is 10.6. The second-order valence-electron chi connectivity index (χ2n) is 5.53. The lowest BCUT2D eigenvalue weighted by Crippen LogP contribution is -2.40. The van der Waals surface area contributed by atoms with Crippen molar-refractivity contribution in [1.29, 1.82) is 0 Å². The molecule has 1 fully saturated rings.